The minimum atomic E-state index is 0.293. The van der Waals surface area contributed by atoms with Gasteiger partial charge in [0.25, 0.3) is 0 Å². The zero-order chi connectivity index (χ0) is 13.0. The Labute approximate surface area is 121 Å². The quantitative estimate of drug-likeness (QED) is 0.764. The molecule has 0 radical (unpaired) electrons. The number of anilines is 1. The fraction of sp³-hybridized carbons (Fsp3) is 0.200. The second kappa shape index (κ2) is 6.26. The minimum absolute atomic E-state index is 0.293. The van der Waals surface area contributed by atoms with Crippen molar-refractivity contribution in [1.82, 2.24) is 0 Å². The molecule has 0 aliphatic heterocycles. The van der Waals surface area contributed by atoms with Gasteiger partial charge in [-0.25, -0.2) is 0 Å². The van der Waals surface area contributed by atoms with E-state index in [-0.39, 0.29) is 0 Å². The fourth-order valence-corrected chi connectivity index (χ4v) is 2.41. The van der Waals surface area contributed by atoms with Gasteiger partial charge in [0.05, 0.1) is 6.04 Å². The van der Waals surface area contributed by atoms with Gasteiger partial charge in [-0.3, -0.25) is 0 Å². The van der Waals surface area contributed by atoms with Crippen molar-refractivity contribution in [3.63, 3.8) is 0 Å². The van der Waals surface area contributed by atoms with Crippen LogP contribution >= 0.6 is 27.5 Å². The number of hydrogen-bond acceptors (Lipinski definition) is 1. The highest BCUT2D eigenvalue weighted by Crippen LogP contribution is 2.28. The number of halogens is 2. The lowest BCUT2D eigenvalue weighted by molar-refractivity contribution is 0.749. The van der Waals surface area contributed by atoms with Crippen molar-refractivity contribution in [3.05, 3.63) is 63.6 Å². The molecule has 18 heavy (non-hydrogen) atoms. The first-order valence-electron chi connectivity index (χ1n) is 5.97. The maximum atomic E-state index is 5.92. The third kappa shape index (κ3) is 3.27. The van der Waals surface area contributed by atoms with E-state index in [1.165, 1.54) is 5.56 Å². The van der Waals surface area contributed by atoms with Crippen LogP contribution in [-0.4, -0.2) is 0 Å². The lowest BCUT2D eigenvalue weighted by atomic mass is 10.0. The van der Waals surface area contributed by atoms with E-state index < -0.39 is 0 Å². The molecule has 2 aromatic carbocycles. The van der Waals surface area contributed by atoms with Gasteiger partial charge in [-0.05, 0) is 52.2 Å². The molecule has 0 saturated heterocycles. The Morgan fingerprint density at radius 2 is 1.78 bits per heavy atom. The highest BCUT2D eigenvalue weighted by Gasteiger charge is 2.10. The SMILES string of the molecule is CCC(Nc1ccccc1Br)c1ccc(Cl)cc1. The molecule has 0 heterocycles. The fourth-order valence-electron chi connectivity index (χ4n) is 1.88. The molecule has 2 rings (SSSR count). The first-order valence-corrected chi connectivity index (χ1v) is 7.14. The molecule has 1 atom stereocenters. The van der Waals surface area contributed by atoms with Crippen LogP contribution in [0.4, 0.5) is 5.69 Å². The molecular weight excluding hydrogens is 310 g/mol. The number of rotatable bonds is 4. The van der Waals surface area contributed by atoms with Crippen LogP contribution in [0.25, 0.3) is 0 Å². The number of para-hydroxylation sites is 1. The van der Waals surface area contributed by atoms with E-state index in [1.54, 1.807) is 0 Å². The summed E-state index contributed by atoms with van der Waals surface area (Å²) in [5.74, 6) is 0. The first kappa shape index (κ1) is 13.4. The van der Waals surface area contributed by atoms with Gasteiger partial charge in [0, 0.05) is 15.2 Å². The van der Waals surface area contributed by atoms with E-state index in [9.17, 15) is 0 Å². The highest BCUT2D eigenvalue weighted by molar-refractivity contribution is 9.10. The molecule has 1 N–H and O–H groups in total. The molecule has 1 unspecified atom stereocenters. The summed E-state index contributed by atoms with van der Waals surface area (Å²) in [4.78, 5) is 0. The third-order valence-electron chi connectivity index (χ3n) is 2.88. The lowest BCUT2D eigenvalue weighted by Gasteiger charge is -2.19. The number of benzene rings is 2. The van der Waals surface area contributed by atoms with E-state index in [1.807, 2.05) is 30.3 Å². The zero-order valence-electron chi connectivity index (χ0n) is 10.2. The molecule has 0 saturated carbocycles. The summed E-state index contributed by atoms with van der Waals surface area (Å²) in [6, 6.07) is 16.4. The Balaban J connectivity index is 2.20. The third-order valence-corrected chi connectivity index (χ3v) is 3.83. The zero-order valence-corrected chi connectivity index (χ0v) is 12.5. The second-order valence-corrected chi connectivity index (χ2v) is 5.43. The number of nitrogens with one attached hydrogen (secondary N) is 1. The molecule has 2 aromatic rings. The smallest absolute Gasteiger partial charge is 0.0511 e. The second-order valence-electron chi connectivity index (χ2n) is 4.14. The van der Waals surface area contributed by atoms with Gasteiger partial charge in [0.1, 0.15) is 0 Å². The minimum Gasteiger partial charge on any atom is -0.377 e. The topological polar surface area (TPSA) is 12.0 Å². The summed E-state index contributed by atoms with van der Waals surface area (Å²) >= 11 is 9.47. The molecule has 0 aliphatic carbocycles. The van der Waals surface area contributed by atoms with Gasteiger partial charge >= 0.3 is 0 Å². The first-order chi connectivity index (χ1) is 8.70. The highest BCUT2D eigenvalue weighted by atomic mass is 79.9. The van der Waals surface area contributed by atoms with E-state index >= 15 is 0 Å². The van der Waals surface area contributed by atoms with Gasteiger partial charge < -0.3 is 5.32 Å². The van der Waals surface area contributed by atoms with Crippen molar-refractivity contribution < 1.29 is 0 Å². The standard InChI is InChI=1S/C15H15BrClN/c1-2-14(11-7-9-12(17)10-8-11)18-15-6-4-3-5-13(15)16/h3-10,14,18H,2H2,1H3. The van der Waals surface area contributed by atoms with Gasteiger partial charge in [0.15, 0.2) is 0 Å². The number of hydrogen-bond donors (Lipinski definition) is 1. The molecule has 3 heteroatoms. The van der Waals surface area contributed by atoms with Gasteiger partial charge in [-0.2, -0.15) is 0 Å². The van der Waals surface area contributed by atoms with Crippen LogP contribution in [0.15, 0.2) is 53.0 Å². The summed E-state index contributed by atoms with van der Waals surface area (Å²) in [7, 11) is 0. The van der Waals surface area contributed by atoms with E-state index in [0.717, 1.165) is 21.6 Å². The predicted molar refractivity (Wildman–Crippen MR) is 82.2 cm³/mol. The van der Waals surface area contributed by atoms with Crippen LogP contribution in [0.2, 0.25) is 5.02 Å². The predicted octanol–water partition coefficient (Wildman–Crippen LogP) is 5.67. The average Bonchev–Trinajstić information content (AvgIpc) is 2.39. The van der Waals surface area contributed by atoms with Gasteiger partial charge in [0.2, 0.25) is 0 Å². The lowest BCUT2D eigenvalue weighted by Crippen LogP contribution is -2.09. The molecule has 0 aliphatic rings. The van der Waals surface area contributed by atoms with Gasteiger partial charge in [-0.15, -0.1) is 0 Å². The van der Waals surface area contributed by atoms with E-state index in [0.29, 0.717) is 6.04 Å². The summed E-state index contributed by atoms with van der Waals surface area (Å²) in [5, 5.41) is 4.32. The maximum absolute atomic E-state index is 5.92. The molecule has 0 fully saturated rings. The van der Waals surface area contributed by atoms with Crippen molar-refractivity contribution in [2.45, 2.75) is 19.4 Å². The molecule has 0 amide bonds. The van der Waals surface area contributed by atoms with Crippen LogP contribution in [-0.2, 0) is 0 Å². The van der Waals surface area contributed by atoms with Crippen molar-refractivity contribution in [1.29, 1.82) is 0 Å². The Morgan fingerprint density at radius 3 is 2.39 bits per heavy atom. The molecule has 0 bridgehead atoms. The van der Waals surface area contributed by atoms with Crippen LogP contribution in [0, 0.1) is 0 Å². The van der Waals surface area contributed by atoms with Crippen molar-refractivity contribution >= 4 is 33.2 Å². The summed E-state index contributed by atoms with van der Waals surface area (Å²) in [5.41, 5.74) is 2.36. The maximum Gasteiger partial charge on any atom is 0.0511 e. The monoisotopic (exact) mass is 323 g/mol. The van der Waals surface area contributed by atoms with Crippen LogP contribution in [0.1, 0.15) is 24.9 Å². The average molecular weight is 325 g/mol. The molecule has 0 spiro atoms. The molecule has 1 nitrogen and oxygen atoms in total. The van der Waals surface area contributed by atoms with Crippen molar-refractivity contribution in [3.8, 4) is 0 Å². The van der Waals surface area contributed by atoms with Crippen LogP contribution < -0.4 is 5.32 Å². The summed E-state index contributed by atoms with van der Waals surface area (Å²) < 4.78 is 1.08. The molecule has 94 valence electrons. The summed E-state index contributed by atoms with van der Waals surface area (Å²) in [6.07, 6.45) is 1.02. The van der Waals surface area contributed by atoms with Crippen LogP contribution in [0.3, 0.4) is 0 Å². The Morgan fingerprint density at radius 1 is 1.11 bits per heavy atom. The van der Waals surface area contributed by atoms with E-state index in [2.05, 4.69) is 46.4 Å². The van der Waals surface area contributed by atoms with Crippen molar-refractivity contribution in [2.24, 2.45) is 0 Å². The Hall–Kier alpha value is -0.990. The van der Waals surface area contributed by atoms with E-state index in [4.69, 9.17) is 11.6 Å². The molecular formula is C15H15BrClN. The summed E-state index contributed by atoms with van der Waals surface area (Å²) in [6.45, 7) is 2.17. The molecule has 0 aromatic heterocycles. The normalized spacial score (nSPS) is 12.2. The van der Waals surface area contributed by atoms with Crippen LogP contribution in [0.5, 0.6) is 0 Å². The van der Waals surface area contributed by atoms with Gasteiger partial charge in [-0.1, -0.05) is 42.8 Å². The largest absolute Gasteiger partial charge is 0.377 e. The Bertz CT molecular complexity index is 510. The van der Waals surface area contributed by atoms with Crippen molar-refractivity contribution in [2.75, 3.05) is 5.32 Å². The Kier molecular flexibility index (Phi) is 4.67.